The topological polar surface area (TPSA) is 84.2 Å². The fourth-order valence-electron chi connectivity index (χ4n) is 2.09. The number of nitrogens with zero attached hydrogens (tertiary/aromatic N) is 1. The van der Waals surface area contributed by atoms with Crippen molar-refractivity contribution in [3.8, 4) is 0 Å². The van der Waals surface area contributed by atoms with Gasteiger partial charge in [0.05, 0.1) is 22.9 Å². The van der Waals surface area contributed by atoms with E-state index in [4.69, 9.17) is 4.42 Å². The van der Waals surface area contributed by atoms with E-state index in [9.17, 15) is 14.0 Å². The van der Waals surface area contributed by atoms with Crippen molar-refractivity contribution < 1.29 is 18.4 Å². The summed E-state index contributed by atoms with van der Waals surface area (Å²) in [7, 11) is 0. The third kappa shape index (κ3) is 4.77. The standard InChI is InChI=1S/C17H13BrFN3O3S/c18-12-4-3-10(6-13(12)19)8-20-15(23)7-11-9-26-17(21-11)22-16(24)14-2-1-5-25-14/h1-6,9H,7-8H2,(H,20,23)(H,21,22,24). The minimum absolute atomic E-state index is 0.0616. The van der Waals surface area contributed by atoms with Crippen LogP contribution in [0.1, 0.15) is 21.8 Å². The first-order valence-corrected chi connectivity index (χ1v) is 9.18. The van der Waals surface area contributed by atoms with Crippen molar-refractivity contribution in [3.63, 3.8) is 0 Å². The third-order valence-electron chi connectivity index (χ3n) is 3.33. The lowest BCUT2D eigenvalue weighted by Crippen LogP contribution is -2.24. The number of aromatic nitrogens is 1. The van der Waals surface area contributed by atoms with E-state index >= 15 is 0 Å². The Morgan fingerprint density at radius 3 is 2.88 bits per heavy atom. The average molecular weight is 438 g/mol. The van der Waals surface area contributed by atoms with Crippen LogP contribution >= 0.6 is 27.3 Å². The number of furan rings is 1. The first kappa shape index (κ1) is 18.3. The Morgan fingerprint density at radius 2 is 2.15 bits per heavy atom. The molecule has 0 unspecified atom stereocenters. The minimum Gasteiger partial charge on any atom is -0.459 e. The average Bonchev–Trinajstić information content (AvgIpc) is 3.28. The molecule has 2 heterocycles. The fraction of sp³-hybridized carbons (Fsp3) is 0.118. The molecule has 2 amide bonds. The summed E-state index contributed by atoms with van der Waals surface area (Å²) in [6, 6.07) is 7.82. The van der Waals surface area contributed by atoms with Crippen molar-refractivity contribution in [1.29, 1.82) is 0 Å². The van der Waals surface area contributed by atoms with Gasteiger partial charge in [0.15, 0.2) is 10.9 Å². The molecule has 3 aromatic rings. The zero-order valence-electron chi connectivity index (χ0n) is 13.3. The zero-order valence-corrected chi connectivity index (χ0v) is 15.7. The van der Waals surface area contributed by atoms with E-state index in [-0.39, 0.29) is 30.5 Å². The number of thiazole rings is 1. The number of hydrogen-bond acceptors (Lipinski definition) is 5. The van der Waals surface area contributed by atoms with Crippen LogP contribution in [-0.4, -0.2) is 16.8 Å². The summed E-state index contributed by atoms with van der Waals surface area (Å²) in [6.07, 6.45) is 1.47. The van der Waals surface area contributed by atoms with Crippen molar-refractivity contribution in [2.45, 2.75) is 13.0 Å². The molecule has 0 saturated carbocycles. The predicted molar refractivity (Wildman–Crippen MR) is 98.4 cm³/mol. The molecule has 1 aromatic carbocycles. The Hall–Kier alpha value is -2.52. The van der Waals surface area contributed by atoms with Crippen molar-refractivity contribution in [3.05, 3.63) is 69.3 Å². The number of hydrogen-bond donors (Lipinski definition) is 2. The summed E-state index contributed by atoms with van der Waals surface area (Å²) >= 11 is 4.30. The minimum atomic E-state index is -0.405. The Bertz CT molecular complexity index is 927. The van der Waals surface area contributed by atoms with E-state index < -0.39 is 5.91 Å². The summed E-state index contributed by atoms with van der Waals surface area (Å²) in [6.45, 7) is 0.218. The van der Waals surface area contributed by atoms with Crippen LogP contribution in [0.4, 0.5) is 9.52 Å². The Labute approximate surface area is 160 Å². The fourth-order valence-corrected chi connectivity index (χ4v) is 3.04. The first-order valence-electron chi connectivity index (χ1n) is 7.51. The highest BCUT2D eigenvalue weighted by atomic mass is 79.9. The van der Waals surface area contributed by atoms with Gasteiger partial charge in [-0.05, 0) is 45.8 Å². The summed E-state index contributed by atoms with van der Waals surface area (Å²) in [5, 5.41) is 7.38. The van der Waals surface area contributed by atoms with E-state index in [1.165, 1.54) is 23.7 Å². The van der Waals surface area contributed by atoms with Gasteiger partial charge in [-0.1, -0.05) is 6.07 Å². The summed E-state index contributed by atoms with van der Waals surface area (Å²) < 4.78 is 18.8. The van der Waals surface area contributed by atoms with Crippen molar-refractivity contribution in [2.75, 3.05) is 5.32 Å². The number of halogens is 2. The molecule has 0 fully saturated rings. The predicted octanol–water partition coefficient (Wildman–Crippen LogP) is 3.75. The molecule has 0 spiro atoms. The lowest BCUT2D eigenvalue weighted by atomic mass is 10.2. The molecule has 6 nitrogen and oxygen atoms in total. The molecule has 26 heavy (non-hydrogen) atoms. The normalized spacial score (nSPS) is 10.5. The molecule has 0 saturated heterocycles. The maximum atomic E-state index is 13.5. The van der Waals surface area contributed by atoms with Crippen LogP contribution in [0, 0.1) is 5.82 Å². The number of carbonyl (C=O) groups excluding carboxylic acids is 2. The van der Waals surface area contributed by atoms with E-state index in [1.807, 2.05) is 0 Å². The quantitative estimate of drug-likeness (QED) is 0.614. The molecule has 0 aliphatic carbocycles. The third-order valence-corrected chi connectivity index (χ3v) is 4.78. The molecule has 9 heteroatoms. The van der Waals surface area contributed by atoms with E-state index in [1.54, 1.807) is 29.6 Å². The monoisotopic (exact) mass is 437 g/mol. The van der Waals surface area contributed by atoms with Crippen LogP contribution in [-0.2, 0) is 17.8 Å². The number of carbonyl (C=O) groups is 2. The molecule has 0 atom stereocenters. The second kappa shape index (κ2) is 8.24. The molecule has 0 aliphatic rings. The van der Waals surface area contributed by atoms with Crippen LogP contribution in [0.5, 0.6) is 0 Å². The Kier molecular flexibility index (Phi) is 5.79. The van der Waals surface area contributed by atoms with Gasteiger partial charge >= 0.3 is 0 Å². The van der Waals surface area contributed by atoms with E-state index in [0.717, 1.165) is 0 Å². The summed E-state index contributed by atoms with van der Waals surface area (Å²) in [5.74, 6) is -0.852. The van der Waals surface area contributed by atoms with E-state index in [2.05, 4.69) is 31.5 Å². The molecule has 3 rings (SSSR count). The van der Waals surface area contributed by atoms with Crippen LogP contribution in [0.15, 0.2) is 50.9 Å². The lowest BCUT2D eigenvalue weighted by Gasteiger charge is -2.05. The number of anilines is 1. The van der Waals surface area contributed by atoms with Gasteiger partial charge in [0.25, 0.3) is 5.91 Å². The van der Waals surface area contributed by atoms with Gasteiger partial charge in [-0.3, -0.25) is 14.9 Å². The van der Waals surface area contributed by atoms with Crippen molar-refractivity contribution in [2.24, 2.45) is 0 Å². The second-order valence-corrected chi connectivity index (χ2v) is 6.99. The highest BCUT2D eigenvalue weighted by molar-refractivity contribution is 9.10. The van der Waals surface area contributed by atoms with Crippen LogP contribution < -0.4 is 10.6 Å². The highest BCUT2D eigenvalue weighted by Crippen LogP contribution is 2.18. The van der Waals surface area contributed by atoms with Gasteiger partial charge in [-0.2, -0.15) is 0 Å². The Balaban J connectivity index is 1.51. The van der Waals surface area contributed by atoms with Crippen molar-refractivity contribution in [1.82, 2.24) is 10.3 Å². The first-order chi connectivity index (χ1) is 12.5. The molecule has 0 aliphatic heterocycles. The van der Waals surface area contributed by atoms with Crippen molar-refractivity contribution >= 4 is 44.2 Å². The van der Waals surface area contributed by atoms with Gasteiger partial charge in [0.1, 0.15) is 5.82 Å². The number of nitrogens with one attached hydrogen (secondary N) is 2. The van der Waals surface area contributed by atoms with Gasteiger partial charge in [0, 0.05) is 11.9 Å². The molecular formula is C17H13BrFN3O3S. The number of rotatable bonds is 6. The number of amides is 2. The number of benzene rings is 1. The van der Waals surface area contributed by atoms with Crippen LogP contribution in [0.2, 0.25) is 0 Å². The molecule has 0 bridgehead atoms. The van der Waals surface area contributed by atoms with Gasteiger partial charge in [0.2, 0.25) is 5.91 Å². The summed E-state index contributed by atoms with van der Waals surface area (Å²) in [5.41, 5.74) is 1.19. The second-order valence-electron chi connectivity index (χ2n) is 5.28. The lowest BCUT2D eigenvalue weighted by molar-refractivity contribution is -0.120. The molecule has 0 radical (unpaired) electrons. The molecular weight excluding hydrogens is 425 g/mol. The molecule has 134 valence electrons. The van der Waals surface area contributed by atoms with E-state index in [0.29, 0.717) is 20.9 Å². The smallest absolute Gasteiger partial charge is 0.293 e. The molecule has 2 aromatic heterocycles. The highest BCUT2D eigenvalue weighted by Gasteiger charge is 2.13. The maximum Gasteiger partial charge on any atom is 0.293 e. The largest absolute Gasteiger partial charge is 0.459 e. The van der Waals surface area contributed by atoms with Gasteiger partial charge < -0.3 is 9.73 Å². The van der Waals surface area contributed by atoms with Crippen LogP contribution in [0.25, 0.3) is 0 Å². The SMILES string of the molecule is O=C(Cc1csc(NC(=O)c2ccco2)n1)NCc1ccc(Br)c(F)c1. The van der Waals surface area contributed by atoms with Gasteiger partial charge in [-0.25, -0.2) is 9.37 Å². The Morgan fingerprint density at radius 1 is 1.31 bits per heavy atom. The summed E-state index contributed by atoms with van der Waals surface area (Å²) in [4.78, 5) is 28.1. The van der Waals surface area contributed by atoms with Gasteiger partial charge in [-0.15, -0.1) is 11.3 Å². The molecule has 2 N–H and O–H groups in total. The zero-order chi connectivity index (χ0) is 18.5. The van der Waals surface area contributed by atoms with Crippen LogP contribution in [0.3, 0.4) is 0 Å². The maximum absolute atomic E-state index is 13.5.